The van der Waals surface area contributed by atoms with Crippen LogP contribution in [-0.4, -0.2) is 23.2 Å². The molecule has 0 bridgehead atoms. The number of rotatable bonds is 7. The molecule has 1 aromatic carbocycles. The first kappa shape index (κ1) is 15.3. The van der Waals surface area contributed by atoms with Crippen LogP contribution in [0.2, 0.25) is 0 Å². The van der Waals surface area contributed by atoms with Gasteiger partial charge in [-0.2, -0.15) is 0 Å². The normalized spacial score (nSPS) is 13.6. The molecule has 0 aliphatic heterocycles. The molecular weight excluding hydrogens is 266 g/mol. The maximum atomic E-state index is 11.8. The minimum absolute atomic E-state index is 0.0569. The quantitative estimate of drug-likeness (QED) is 0.821. The van der Waals surface area contributed by atoms with Gasteiger partial charge in [0.25, 0.3) is 0 Å². The average Bonchev–Trinajstić information content (AvgIpc) is 2.96. The smallest absolute Gasteiger partial charge is 0.220 e. The number of amides is 1. The molecule has 0 aliphatic rings. The summed E-state index contributed by atoms with van der Waals surface area (Å²) in [7, 11) is 0. The van der Waals surface area contributed by atoms with Crippen molar-refractivity contribution in [1.29, 1.82) is 0 Å². The molecule has 112 valence electrons. The van der Waals surface area contributed by atoms with Crippen LogP contribution in [0, 0.1) is 0 Å². The van der Waals surface area contributed by atoms with E-state index in [0.29, 0.717) is 25.0 Å². The maximum Gasteiger partial charge on any atom is 0.220 e. The summed E-state index contributed by atoms with van der Waals surface area (Å²) in [6, 6.07) is 13.5. The molecule has 1 amide bonds. The lowest BCUT2D eigenvalue weighted by Gasteiger charge is -2.22. The number of furan rings is 1. The van der Waals surface area contributed by atoms with E-state index >= 15 is 0 Å². The van der Waals surface area contributed by atoms with E-state index in [1.54, 1.807) is 19.3 Å². The predicted octanol–water partition coefficient (Wildman–Crippen LogP) is 2.32. The van der Waals surface area contributed by atoms with Gasteiger partial charge in [-0.3, -0.25) is 4.79 Å². The van der Waals surface area contributed by atoms with Gasteiger partial charge >= 0.3 is 0 Å². The molecule has 1 unspecified atom stereocenters. The second-order valence-electron chi connectivity index (χ2n) is 5.52. The van der Waals surface area contributed by atoms with Crippen LogP contribution in [0.15, 0.2) is 53.1 Å². The number of benzene rings is 1. The Morgan fingerprint density at radius 2 is 2.00 bits per heavy atom. The fraction of sp³-hybridized carbons (Fsp3) is 0.353. The first-order valence-corrected chi connectivity index (χ1v) is 7.10. The third-order valence-electron chi connectivity index (χ3n) is 3.29. The number of aryl methyl sites for hydroxylation is 1. The maximum absolute atomic E-state index is 11.8. The lowest BCUT2D eigenvalue weighted by Crippen LogP contribution is -2.42. The highest BCUT2D eigenvalue weighted by atomic mass is 16.3. The number of hydrogen-bond donors (Lipinski definition) is 2. The summed E-state index contributed by atoms with van der Waals surface area (Å²) in [6.07, 6.45) is 3.07. The summed E-state index contributed by atoms with van der Waals surface area (Å²) in [5.74, 6) is 0.650. The van der Waals surface area contributed by atoms with E-state index < -0.39 is 5.60 Å². The Bertz CT molecular complexity index is 547. The fourth-order valence-electron chi connectivity index (χ4n) is 2.13. The first-order chi connectivity index (χ1) is 10.1. The van der Waals surface area contributed by atoms with Crippen molar-refractivity contribution >= 4 is 5.91 Å². The third kappa shape index (κ3) is 5.44. The molecule has 2 rings (SSSR count). The molecule has 2 N–H and O–H groups in total. The number of carbonyl (C=O) groups is 1. The van der Waals surface area contributed by atoms with Crippen LogP contribution in [-0.2, 0) is 17.6 Å². The molecule has 4 heteroatoms. The fourth-order valence-corrected chi connectivity index (χ4v) is 2.13. The molecule has 0 aliphatic carbocycles. The molecule has 21 heavy (non-hydrogen) atoms. The van der Waals surface area contributed by atoms with Crippen molar-refractivity contribution in [2.45, 2.75) is 31.8 Å². The van der Waals surface area contributed by atoms with Crippen molar-refractivity contribution in [3.63, 3.8) is 0 Å². The van der Waals surface area contributed by atoms with Gasteiger partial charge in [-0.05, 0) is 31.0 Å². The molecule has 4 nitrogen and oxygen atoms in total. The molecule has 0 radical (unpaired) electrons. The number of nitrogens with one attached hydrogen (secondary N) is 1. The monoisotopic (exact) mass is 287 g/mol. The second kappa shape index (κ2) is 7.09. The Hall–Kier alpha value is -2.07. The first-order valence-electron chi connectivity index (χ1n) is 7.10. The third-order valence-corrected chi connectivity index (χ3v) is 3.29. The average molecular weight is 287 g/mol. The summed E-state index contributed by atoms with van der Waals surface area (Å²) < 4.78 is 5.21. The Morgan fingerprint density at radius 3 is 2.67 bits per heavy atom. The van der Waals surface area contributed by atoms with Gasteiger partial charge in [-0.15, -0.1) is 0 Å². The largest absolute Gasteiger partial charge is 0.469 e. The Labute approximate surface area is 124 Å². The molecule has 0 saturated carbocycles. The molecule has 0 saturated heterocycles. The van der Waals surface area contributed by atoms with Crippen molar-refractivity contribution in [3.8, 4) is 0 Å². The van der Waals surface area contributed by atoms with E-state index in [9.17, 15) is 9.90 Å². The van der Waals surface area contributed by atoms with Crippen molar-refractivity contribution in [3.05, 3.63) is 60.1 Å². The molecule has 2 aromatic rings. The highest BCUT2D eigenvalue weighted by Gasteiger charge is 2.23. The van der Waals surface area contributed by atoms with Crippen LogP contribution in [0.3, 0.4) is 0 Å². The van der Waals surface area contributed by atoms with Crippen LogP contribution in [0.4, 0.5) is 0 Å². The lowest BCUT2D eigenvalue weighted by molar-refractivity contribution is -0.122. The van der Waals surface area contributed by atoms with Gasteiger partial charge in [0.1, 0.15) is 5.76 Å². The van der Waals surface area contributed by atoms with Crippen LogP contribution in [0.25, 0.3) is 0 Å². The summed E-state index contributed by atoms with van der Waals surface area (Å²) >= 11 is 0. The number of aliphatic hydroxyl groups is 1. The standard InChI is InChI=1S/C17H21NO3/c1-17(20,12-15-8-5-11-21-15)13-18-16(19)10-9-14-6-3-2-4-7-14/h2-8,11,20H,9-10,12-13H2,1H3,(H,18,19). The highest BCUT2D eigenvalue weighted by Crippen LogP contribution is 2.12. The van der Waals surface area contributed by atoms with Crippen molar-refractivity contribution in [2.24, 2.45) is 0 Å². The summed E-state index contributed by atoms with van der Waals surface area (Å²) in [6.45, 7) is 1.90. The predicted molar refractivity (Wildman–Crippen MR) is 80.8 cm³/mol. The summed E-state index contributed by atoms with van der Waals surface area (Å²) in [5.41, 5.74) is 0.121. The van der Waals surface area contributed by atoms with Crippen molar-refractivity contribution < 1.29 is 14.3 Å². The molecule has 1 heterocycles. The van der Waals surface area contributed by atoms with Crippen LogP contribution >= 0.6 is 0 Å². The SMILES string of the molecule is CC(O)(CNC(=O)CCc1ccccc1)Cc1ccco1. The van der Waals surface area contributed by atoms with E-state index in [4.69, 9.17) is 4.42 Å². The summed E-state index contributed by atoms with van der Waals surface area (Å²) in [5, 5.41) is 13.0. The Morgan fingerprint density at radius 1 is 1.24 bits per heavy atom. The highest BCUT2D eigenvalue weighted by molar-refractivity contribution is 5.76. The molecule has 1 aromatic heterocycles. The van der Waals surface area contributed by atoms with E-state index in [1.165, 1.54) is 0 Å². The van der Waals surface area contributed by atoms with Gasteiger partial charge in [0.15, 0.2) is 0 Å². The zero-order valence-electron chi connectivity index (χ0n) is 12.2. The second-order valence-corrected chi connectivity index (χ2v) is 5.52. The molecular formula is C17H21NO3. The van der Waals surface area contributed by atoms with E-state index in [2.05, 4.69) is 5.32 Å². The van der Waals surface area contributed by atoms with E-state index in [-0.39, 0.29) is 12.5 Å². The van der Waals surface area contributed by atoms with Gasteiger partial charge in [-0.25, -0.2) is 0 Å². The van der Waals surface area contributed by atoms with Gasteiger partial charge in [0.2, 0.25) is 5.91 Å². The topological polar surface area (TPSA) is 62.5 Å². The van der Waals surface area contributed by atoms with Gasteiger partial charge < -0.3 is 14.8 Å². The minimum atomic E-state index is -1.01. The van der Waals surface area contributed by atoms with Crippen molar-refractivity contribution in [2.75, 3.05) is 6.54 Å². The van der Waals surface area contributed by atoms with Crippen LogP contribution < -0.4 is 5.32 Å². The van der Waals surface area contributed by atoms with Crippen molar-refractivity contribution in [1.82, 2.24) is 5.32 Å². The minimum Gasteiger partial charge on any atom is -0.469 e. The Kier molecular flexibility index (Phi) is 5.17. The number of carbonyl (C=O) groups excluding carboxylic acids is 1. The van der Waals surface area contributed by atoms with Gasteiger partial charge in [0, 0.05) is 19.4 Å². The Balaban J connectivity index is 1.73. The van der Waals surface area contributed by atoms with Gasteiger partial charge in [-0.1, -0.05) is 30.3 Å². The molecule has 0 fully saturated rings. The van der Waals surface area contributed by atoms with Gasteiger partial charge in [0.05, 0.1) is 11.9 Å². The summed E-state index contributed by atoms with van der Waals surface area (Å²) in [4.78, 5) is 11.8. The molecule has 0 spiro atoms. The van der Waals surface area contributed by atoms with Crippen LogP contribution in [0.5, 0.6) is 0 Å². The van der Waals surface area contributed by atoms with E-state index in [1.807, 2.05) is 36.4 Å². The zero-order valence-corrected chi connectivity index (χ0v) is 12.2. The molecule has 1 atom stereocenters. The number of hydrogen-bond acceptors (Lipinski definition) is 3. The van der Waals surface area contributed by atoms with Crippen LogP contribution in [0.1, 0.15) is 24.7 Å². The lowest BCUT2D eigenvalue weighted by atomic mass is 10.0. The van der Waals surface area contributed by atoms with E-state index in [0.717, 1.165) is 5.56 Å². The zero-order chi connectivity index (χ0) is 15.1.